The van der Waals surface area contributed by atoms with Crippen molar-refractivity contribution in [3.8, 4) is 11.5 Å². The minimum atomic E-state index is -0.350. The van der Waals surface area contributed by atoms with Gasteiger partial charge in [-0.2, -0.15) is 0 Å². The van der Waals surface area contributed by atoms with Crippen LogP contribution in [0.4, 0.5) is 5.69 Å². The van der Waals surface area contributed by atoms with Crippen LogP contribution in [0.3, 0.4) is 0 Å². The summed E-state index contributed by atoms with van der Waals surface area (Å²) < 4.78 is 10.6. The second-order valence-electron chi connectivity index (χ2n) is 6.99. The molecule has 0 bridgehead atoms. The summed E-state index contributed by atoms with van der Waals surface area (Å²) in [6.45, 7) is 0.836. The second kappa shape index (κ2) is 7.75. The molecule has 8 nitrogen and oxygen atoms in total. The highest BCUT2D eigenvalue weighted by atomic mass is 32.1. The Morgan fingerprint density at radius 3 is 2.77 bits per heavy atom. The van der Waals surface area contributed by atoms with Crippen LogP contribution in [0, 0.1) is 0 Å². The molecule has 5 rings (SSSR count). The Morgan fingerprint density at radius 1 is 1.07 bits per heavy atom. The quantitative estimate of drug-likeness (QED) is 0.692. The van der Waals surface area contributed by atoms with E-state index in [1.807, 2.05) is 35.2 Å². The average Bonchev–Trinajstić information content (AvgIpc) is 3.53. The maximum Gasteiger partial charge on any atom is 0.286 e. The summed E-state index contributed by atoms with van der Waals surface area (Å²) in [5.74, 6) is 0.860. The van der Waals surface area contributed by atoms with Gasteiger partial charge in [0.2, 0.25) is 11.8 Å². The zero-order valence-electron chi connectivity index (χ0n) is 15.9. The van der Waals surface area contributed by atoms with Gasteiger partial charge in [0.15, 0.2) is 11.5 Å². The number of hydrogen-bond donors (Lipinski definition) is 1. The summed E-state index contributed by atoms with van der Waals surface area (Å²) in [5.41, 5.74) is 1.23. The van der Waals surface area contributed by atoms with Crippen LogP contribution in [0.15, 0.2) is 48.5 Å². The molecule has 1 atom stereocenters. The average molecular weight is 422 g/mol. The lowest BCUT2D eigenvalue weighted by Crippen LogP contribution is -2.30. The van der Waals surface area contributed by atoms with Crippen LogP contribution in [0.25, 0.3) is 0 Å². The fraction of sp³-hybridized carbons (Fsp3) is 0.238. The Bertz CT molecular complexity index is 1100. The molecule has 30 heavy (non-hydrogen) atoms. The van der Waals surface area contributed by atoms with Crippen molar-refractivity contribution in [3.63, 3.8) is 0 Å². The predicted octanol–water partition coefficient (Wildman–Crippen LogP) is 3.50. The normalized spacial score (nSPS) is 17.2. The molecule has 1 fully saturated rings. The molecule has 0 aliphatic carbocycles. The number of likely N-dealkylation sites (tertiary alicyclic amines) is 1. The number of nitrogens with zero attached hydrogens (tertiary/aromatic N) is 3. The monoisotopic (exact) mass is 422 g/mol. The number of fused-ring (bicyclic) bond motifs is 1. The predicted molar refractivity (Wildman–Crippen MR) is 110 cm³/mol. The zero-order valence-corrected chi connectivity index (χ0v) is 16.7. The molecule has 1 saturated heterocycles. The van der Waals surface area contributed by atoms with E-state index in [-0.39, 0.29) is 29.7 Å². The third-order valence-corrected chi connectivity index (χ3v) is 6.11. The van der Waals surface area contributed by atoms with Gasteiger partial charge in [-0.05, 0) is 37.1 Å². The van der Waals surface area contributed by atoms with Gasteiger partial charge >= 0.3 is 0 Å². The molecule has 0 unspecified atom stereocenters. The molecule has 152 valence electrons. The lowest BCUT2D eigenvalue weighted by molar-refractivity contribution is 0.0735. The van der Waals surface area contributed by atoms with Crippen LogP contribution in [0.2, 0.25) is 0 Å². The van der Waals surface area contributed by atoms with Crippen molar-refractivity contribution < 1.29 is 19.1 Å². The Morgan fingerprint density at radius 2 is 1.90 bits per heavy atom. The lowest BCUT2D eigenvalue weighted by Gasteiger charge is -2.22. The Kier molecular flexibility index (Phi) is 4.80. The topological polar surface area (TPSA) is 93.7 Å². The highest BCUT2D eigenvalue weighted by Gasteiger charge is 2.33. The molecule has 1 N–H and O–H groups in total. The zero-order chi connectivity index (χ0) is 20.5. The van der Waals surface area contributed by atoms with Crippen LogP contribution in [0.1, 0.15) is 44.1 Å². The number of rotatable bonds is 4. The van der Waals surface area contributed by atoms with E-state index in [4.69, 9.17) is 9.47 Å². The minimum absolute atomic E-state index is 0.0281. The molecule has 2 amide bonds. The van der Waals surface area contributed by atoms with Crippen LogP contribution < -0.4 is 14.8 Å². The van der Waals surface area contributed by atoms with E-state index >= 15 is 0 Å². The molecule has 1 aromatic heterocycles. The molecule has 0 spiro atoms. The van der Waals surface area contributed by atoms with Crippen molar-refractivity contribution in [2.75, 3.05) is 18.7 Å². The number of benzene rings is 2. The van der Waals surface area contributed by atoms with Gasteiger partial charge in [0.25, 0.3) is 11.8 Å². The molecule has 9 heteroatoms. The number of carbonyl (C=O) groups excluding carboxylic acids is 2. The second-order valence-corrected chi connectivity index (χ2v) is 8.00. The van der Waals surface area contributed by atoms with E-state index < -0.39 is 0 Å². The van der Waals surface area contributed by atoms with Gasteiger partial charge in [-0.25, -0.2) is 0 Å². The molecule has 3 heterocycles. The maximum atomic E-state index is 12.9. The standard InChI is InChI=1S/C21H18N4O4S/c26-18(22-14-8-9-16-17(11-14)29-12-28-16)20-24-23-19(30-20)15-7-4-10-25(15)21(27)13-5-2-1-3-6-13/h1-3,5-6,8-9,11,15H,4,7,10,12H2,(H,22,26)/t15-/m1/s1. The summed E-state index contributed by atoms with van der Waals surface area (Å²) in [5, 5.41) is 12.0. The van der Waals surface area contributed by atoms with Gasteiger partial charge in [0.05, 0.1) is 6.04 Å². The van der Waals surface area contributed by atoms with E-state index in [0.29, 0.717) is 34.3 Å². The first kappa shape index (κ1) is 18.6. The summed E-state index contributed by atoms with van der Waals surface area (Å²) in [6.07, 6.45) is 1.69. The Labute approximate surface area is 176 Å². The molecule has 2 aliphatic rings. The van der Waals surface area contributed by atoms with Crippen LogP contribution in [-0.4, -0.2) is 40.2 Å². The first-order valence-electron chi connectivity index (χ1n) is 9.59. The molecule has 3 aromatic rings. The number of hydrogen-bond acceptors (Lipinski definition) is 7. The summed E-state index contributed by atoms with van der Waals surface area (Å²) in [4.78, 5) is 27.3. The molecule has 2 aliphatic heterocycles. The fourth-order valence-corrected chi connectivity index (χ4v) is 4.52. The summed E-state index contributed by atoms with van der Waals surface area (Å²) >= 11 is 1.22. The van der Waals surface area contributed by atoms with Crippen molar-refractivity contribution in [3.05, 3.63) is 64.1 Å². The van der Waals surface area contributed by atoms with Crippen molar-refractivity contribution in [2.45, 2.75) is 18.9 Å². The lowest BCUT2D eigenvalue weighted by atomic mass is 10.2. The number of amides is 2. The van der Waals surface area contributed by atoms with Gasteiger partial charge in [0.1, 0.15) is 5.01 Å². The highest BCUT2D eigenvalue weighted by Crippen LogP contribution is 2.36. The Balaban J connectivity index is 1.31. The number of carbonyl (C=O) groups is 2. The number of aromatic nitrogens is 2. The van der Waals surface area contributed by atoms with E-state index in [9.17, 15) is 9.59 Å². The molecular formula is C21H18N4O4S. The van der Waals surface area contributed by atoms with Gasteiger partial charge < -0.3 is 19.7 Å². The van der Waals surface area contributed by atoms with Gasteiger partial charge in [-0.1, -0.05) is 29.5 Å². The van der Waals surface area contributed by atoms with Crippen molar-refractivity contribution >= 4 is 28.8 Å². The SMILES string of the molecule is O=C(Nc1ccc2c(c1)OCO2)c1nnc([C@H]2CCCN2C(=O)c2ccccc2)s1. The van der Waals surface area contributed by atoms with Crippen molar-refractivity contribution in [2.24, 2.45) is 0 Å². The van der Waals surface area contributed by atoms with Crippen LogP contribution in [-0.2, 0) is 0 Å². The number of ether oxygens (including phenoxy) is 2. The largest absolute Gasteiger partial charge is 0.454 e. The minimum Gasteiger partial charge on any atom is -0.454 e. The van der Waals surface area contributed by atoms with Crippen molar-refractivity contribution in [1.29, 1.82) is 0 Å². The van der Waals surface area contributed by atoms with Gasteiger partial charge in [0, 0.05) is 23.9 Å². The molecular weight excluding hydrogens is 404 g/mol. The van der Waals surface area contributed by atoms with Crippen molar-refractivity contribution in [1.82, 2.24) is 15.1 Å². The van der Waals surface area contributed by atoms with E-state index in [2.05, 4.69) is 15.5 Å². The van der Waals surface area contributed by atoms with Gasteiger partial charge in [-0.15, -0.1) is 10.2 Å². The number of anilines is 1. The van der Waals surface area contributed by atoms with Crippen LogP contribution in [0.5, 0.6) is 11.5 Å². The third-order valence-electron chi connectivity index (χ3n) is 5.08. The van der Waals surface area contributed by atoms with E-state index in [1.165, 1.54) is 11.3 Å². The molecule has 0 radical (unpaired) electrons. The molecule has 0 saturated carbocycles. The smallest absolute Gasteiger partial charge is 0.286 e. The first-order valence-corrected chi connectivity index (χ1v) is 10.4. The summed E-state index contributed by atoms with van der Waals surface area (Å²) in [6, 6.07) is 14.2. The van der Waals surface area contributed by atoms with Gasteiger partial charge in [-0.3, -0.25) is 9.59 Å². The molecule has 2 aromatic carbocycles. The fourth-order valence-electron chi connectivity index (χ4n) is 3.63. The first-order chi connectivity index (χ1) is 14.7. The van der Waals surface area contributed by atoms with E-state index in [0.717, 1.165) is 12.8 Å². The third kappa shape index (κ3) is 3.48. The maximum absolute atomic E-state index is 12.9. The summed E-state index contributed by atoms with van der Waals surface area (Å²) in [7, 11) is 0. The number of nitrogens with one attached hydrogen (secondary N) is 1. The van der Waals surface area contributed by atoms with Crippen LogP contribution >= 0.6 is 11.3 Å². The van der Waals surface area contributed by atoms with E-state index in [1.54, 1.807) is 18.2 Å². The highest BCUT2D eigenvalue weighted by molar-refractivity contribution is 7.13. The Hall–Kier alpha value is -3.46.